The van der Waals surface area contributed by atoms with Gasteiger partial charge < -0.3 is 54.5 Å². The summed E-state index contributed by atoms with van der Waals surface area (Å²) in [7, 11) is 0. The fourth-order valence-corrected chi connectivity index (χ4v) is 4.29. The molecule has 2 aliphatic heterocycles. The van der Waals surface area contributed by atoms with Crippen molar-refractivity contribution in [1.29, 1.82) is 0 Å². The highest BCUT2D eigenvalue weighted by molar-refractivity contribution is 5.87. The van der Waals surface area contributed by atoms with E-state index >= 15 is 0 Å². The second kappa shape index (κ2) is 9.62. The van der Waals surface area contributed by atoms with Crippen LogP contribution in [0, 0.1) is 0 Å². The molecule has 9 atom stereocenters. The van der Waals surface area contributed by atoms with Gasteiger partial charge in [-0.25, -0.2) is 0 Å². The summed E-state index contributed by atoms with van der Waals surface area (Å²) in [6, 6.07) is 6.96. The Hall–Kier alpha value is -2.13. The highest BCUT2D eigenvalue weighted by Gasteiger charge is 2.49. The Morgan fingerprint density at radius 2 is 1.79 bits per heavy atom. The highest BCUT2D eigenvalue weighted by atomic mass is 16.7. The summed E-state index contributed by atoms with van der Waals surface area (Å²) in [6.07, 6.45) is -11.8. The van der Waals surface area contributed by atoms with Crippen LogP contribution in [0.4, 0.5) is 0 Å². The van der Waals surface area contributed by atoms with Crippen LogP contribution >= 0.6 is 0 Å². The fourth-order valence-electron chi connectivity index (χ4n) is 4.29. The van der Waals surface area contributed by atoms with Gasteiger partial charge in [0.1, 0.15) is 42.7 Å². The standard InChI is InChI=1S/C21H27NO11/c23-7-13-16(28)17(29)18(30)21(32-13)33-19-15(27)12(24)8-31-20(19)22-6-9(5-14(25)26)10-3-1-2-4-11(10)22/h1-4,6,12-13,15-21,23-24,27-30H,5,7-8H2,(H,25,26)/t12-,13-,15-,16-,17+,18-,19-,20+,21+/m1/s1. The van der Waals surface area contributed by atoms with Gasteiger partial charge in [0.15, 0.2) is 12.5 Å². The number of aromatic nitrogens is 1. The van der Waals surface area contributed by atoms with Crippen LogP contribution in [-0.2, 0) is 25.4 Å². The molecule has 0 spiro atoms. The molecule has 2 aromatic rings. The molecule has 7 N–H and O–H groups in total. The Balaban J connectivity index is 1.69. The summed E-state index contributed by atoms with van der Waals surface area (Å²) >= 11 is 0. The van der Waals surface area contributed by atoms with E-state index in [4.69, 9.17) is 14.2 Å². The maximum Gasteiger partial charge on any atom is 0.307 e. The molecule has 2 saturated heterocycles. The Morgan fingerprint density at radius 3 is 2.48 bits per heavy atom. The molecule has 4 rings (SSSR count). The normalized spacial score (nSPS) is 37.3. The number of aliphatic carboxylic acids is 1. The first-order valence-corrected chi connectivity index (χ1v) is 10.5. The number of carboxylic acids is 1. The minimum atomic E-state index is -1.72. The minimum absolute atomic E-state index is 0.249. The maximum absolute atomic E-state index is 11.3. The van der Waals surface area contributed by atoms with Crippen molar-refractivity contribution in [1.82, 2.24) is 4.57 Å². The molecule has 0 unspecified atom stereocenters. The van der Waals surface area contributed by atoms with E-state index in [1.165, 1.54) is 0 Å². The van der Waals surface area contributed by atoms with Crippen molar-refractivity contribution in [3.05, 3.63) is 36.0 Å². The van der Waals surface area contributed by atoms with Crippen molar-refractivity contribution in [2.45, 2.75) is 61.7 Å². The van der Waals surface area contributed by atoms with Crippen LogP contribution in [0.2, 0.25) is 0 Å². The van der Waals surface area contributed by atoms with Crippen LogP contribution in [0.1, 0.15) is 11.8 Å². The molecule has 182 valence electrons. The molecule has 0 amide bonds. The molecule has 0 radical (unpaired) electrons. The molecular formula is C21H27NO11. The van der Waals surface area contributed by atoms with Crippen LogP contribution in [-0.4, -0.2) is 109 Å². The van der Waals surface area contributed by atoms with E-state index < -0.39 is 67.8 Å². The second-order valence-corrected chi connectivity index (χ2v) is 8.23. The topological polar surface area (TPSA) is 191 Å². The van der Waals surface area contributed by atoms with Crippen molar-refractivity contribution in [3.63, 3.8) is 0 Å². The number of fused-ring (bicyclic) bond motifs is 1. The largest absolute Gasteiger partial charge is 0.481 e. The molecule has 0 aliphatic carbocycles. The number of ether oxygens (including phenoxy) is 3. The van der Waals surface area contributed by atoms with Crippen LogP contribution in [0.5, 0.6) is 0 Å². The van der Waals surface area contributed by atoms with Crippen molar-refractivity contribution in [2.75, 3.05) is 13.2 Å². The third-order valence-electron chi connectivity index (χ3n) is 6.03. The molecule has 0 bridgehead atoms. The summed E-state index contributed by atoms with van der Waals surface area (Å²) in [4.78, 5) is 11.3. The van der Waals surface area contributed by atoms with E-state index in [2.05, 4.69) is 0 Å². The lowest BCUT2D eigenvalue weighted by Crippen LogP contribution is -2.62. The van der Waals surface area contributed by atoms with Crippen LogP contribution < -0.4 is 0 Å². The third kappa shape index (κ3) is 4.49. The average Bonchev–Trinajstić information content (AvgIpc) is 3.14. The average molecular weight is 469 g/mol. The van der Waals surface area contributed by atoms with Gasteiger partial charge in [0.25, 0.3) is 0 Å². The number of aliphatic hydroxyl groups excluding tert-OH is 6. The number of carboxylic acid groups (broad SMARTS) is 1. The van der Waals surface area contributed by atoms with Gasteiger partial charge in [0, 0.05) is 11.6 Å². The molecule has 2 fully saturated rings. The van der Waals surface area contributed by atoms with Crippen LogP contribution in [0.3, 0.4) is 0 Å². The summed E-state index contributed by atoms with van der Waals surface area (Å²) in [6.45, 7) is -0.914. The van der Waals surface area contributed by atoms with Gasteiger partial charge in [-0.05, 0) is 11.6 Å². The van der Waals surface area contributed by atoms with Gasteiger partial charge in [-0.2, -0.15) is 0 Å². The van der Waals surface area contributed by atoms with E-state index in [1.54, 1.807) is 35.0 Å². The summed E-state index contributed by atoms with van der Waals surface area (Å²) in [5.74, 6) is -1.04. The lowest BCUT2D eigenvalue weighted by molar-refractivity contribution is -0.341. The lowest BCUT2D eigenvalue weighted by Gasteiger charge is -2.44. The molecule has 12 heteroatoms. The highest BCUT2D eigenvalue weighted by Crippen LogP contribution is 2.35. The Labute approximate surface area is 187 Å². The predicted octanol–water partition coefficient (Wildman–Crippen LogP) is -2.30. The van der Waals surface area contributed by atoms with E-state index in [-0.39, 0.29) is 13.0 Å². The zero-order valence-corrected chi connectivity index (χ0v) is 17.4. The number of carbonyl (C=O) groups is 1. The SMILES string of the molecule is O=C(O)Cc1cn([C@H]2OC[C@@H](O)[C@@H](O)[C@H]2O[C@@H]2O[C@H](CO)[C@@H](O)[C@H](O)[C@H]2O)c2ccccc12. The Bertz CT molecular complexity index is 978. The number of rotatable bonds is 6. The summed E-state index contributed by atoms with van der Waals surface area (Å²) in [5.41, 5.74) is 1.08. The summed E-state index contributed by atoms with van der Waals surface area (Å²) in [5, 5.41) is 70.5. The van der Waals surface area contributed by atoms with Gasteiger partial charge in [-0.3, -0.25) is 4.79 Å². The molecule has 1 aromatic heterocycles. The molecule has 2 aliphatic rings. The van der Waals surface area contributed by atoms with E-state index in [0.717, 1.165) is 0 Å². The van der Waals surface area contributed by atoms with E-state index in [0.29, 0.717) is 16.5 Å². The van der Waals surface area contributed by atoms with Crippen LogP contribution in [0.25, 0.3) is 10.9 Å². The van der Waals surface area contributed by atoms with Crippen molar-refractivity contribution in [3.8, 4) is 0 Å². The quantitative estimate of drug-likeness (QED) is 0.241. The first-order valence-electron chi connectivity index (χ1n) is 10.5. The molecule has 33 heavy (non-hydrogen) atoms. The summed E-state index contributed by atoms with van der Waals surface area (Å²) < 4.78 is 18.4. The smallest absolute Gasteiger partial charge is 0.307 e. The monoisotopic (exact) mass is 469 g/mol. The fraction of sp³-hybridized carbons (Fsp3) is 0.571. The van der Waals surface area contributed by atoms with Crippen molar-refractivity contribution in [2.24, 2.45) is 0 Å². The van der Waals surface area contributed by atoms with Gasteiger partial charge in [0.2, 0.25) is 0 Å². The zero-order chi connectivity index (χ0) is 23.9. The zero-order valence-electron chi connectivity index (χ0n) is 17.4. The molecule has 0 saturated carbocycles. The predicted molar refractivity (Wildman–Crippen MR) is 109 cm³/mol. The lowest BCUT2D eigenvalue weighted by atomic mass is 9.98. The Morgan fingerprint density at radius 1 is 1.06 bits per heavy atom. The van der Waals surface area contributed by atoms with Crippen LogP contribution in [0.15, 0.2) is 30.5 Å². The first kappa shape index (κ1) is 24.0. The molecular weight excluding hydrogens is 442 g/mol. The van der Waals surface area contributed by atoms with Gasteiger partial charge in [-0.1, -0.05) is 18.2 Å². The molecule has 12 nitrogen and oxygen atoms in total. The number of para-hydroxylation sites is 1. The van der Waals surface area contributed by atoms with Crippen molar-refractivity contribution < 1.29 is 54.8 Å². The minimum Gasteiger partial charge on any atom is -0.481 e. The second-order valence-electron chi connectivity index (χ2n) is 8.23. The van der Waals surface area contributed by atoms with E-state index in [9.17, 15) is 40.5 Å². The van der Waals surface area contributed by atoms with Gasteiger partial charge >= 0.3 is 5.97 Å². The number of benzene rings is 1. The number of aliphatic hydroxyl groups is 6. The molecule has 3 heterocycles. The van der Waals surface area contributed by atoms with E-state index in [1.807, 2.05) is 0 Å². The number of hydrogen-bond donors (Lipinski definition) is 7. The number of hydrogen-bond acceptors (Lipinski definition) is 10. The Kier molecular flexibility index (Phi) is 7.00. The first-order chi connectivity index (χ1) is 15.7. The molecule has 1 aromatic carbocycles. The third-order valence-corrected chi connectivity index (χ3v) is 6.03. The maximum atomic E-state index is 11.3. The number of nitrogens with zero attached hydrogens (tertiary/aromatic N) is 1. The van der Waals surface area contributed by atoms with Gasteiger partial charge in [0.05, 0.1) is 25.2 Å². The van der Waals surface area contributed by atoms with Gasteiger partial charge in [-0.15, -0.1) is 0 Å². The van der Waals surface area contributed by atoms with Crippen molar-refractivity contribution >= 4 is 16.9 Å².